The number of carbonyl (C=O) groups is 1. The van der Waals surface area contributed by atoms with Crippen molar-refractivity contribution in [1.82, 2.24) is 24.5 Å². The summed E-state index contributed by atoms with van der Waals surface area (Å²) in [6.45, 7) is 3.18. The van der Waals surface area contributed by atoms with Gasteiger partial charge in [-0.3, -0.25) is 4.79 Å². The molecule has 0 spiro atoms. The monoisotopic (exact) mass is 311 g/mol. The van der Waals surface area contributed by atoms with Crippen LogP contribution in [0.5, 0.6) is 0 Å². The second-order valence-corrected chi connectivity index (χ2v) is 5.81. The zero-order chi connectivity index (χ0) is 15.8. The van der Waals surface area contributed by atoms with Gasteiger partial charge in [0.1, 0.15) is 5.76 Å². The maximum Gasteiger partial charge on any atom is 0.276 e. The number of nitrogens with zero attached hydrogens (tertiary/aromatic N) is 5. The summed E-state index contributed by atoms with van der Waals surface area (Å²) in [4.78, 5) is 23.0. The number of aromatic nitrogens is 4. The van der Waals surface area contributed by atoms with Gasteiger partial charge >= 0.3 is 0 Å². The molecule has 3 aromatic rings. The molecule has 4 heterocycles. The fourth-order valence-corrected chi connectivity index (χ4v) is 3.09. The number of fused-ring (bicyclic) bond motifs is 1. The molecule has 0 bridgehead atoms. The molecule has 0 unspecified atom stereocenters. The summed E-state index contributed by atoms with van der Waals surface area (Å²) in [6, 6.07) is 3.92. The second kappa shape index (κ2) is 5.49. The molecular formula is C16H17N5O2. The summed E-state index contributed by atoms with van der Waals surface area (Å²) in [5, 5.41) is 4.16. The molecule has 0 saturated carbocycles. The maximum absolute atomic E-state index is 12.4. The summed E-state index contributed by atoms with van der Waals surface area (Å²) in [6.07, 6.45) is 6.81. The first-order valence-electron chi connectivity index (χ1n) is 7.72. The smallest absolute Gasteiger partial charge is 0.276 e. The highest BCUT2D eigenvalue weighted by molar-refractivity contribution is 5.93. The molecule has 1 amide bonds. The van der Waals surface area contributed by atoms with Gasteiger partial charge in [-0.1, -0.05) is 0 Å². The van der Waals surface area contributed by atoms with E-state index in [1.807, 2.05) is 23.2 Å². The van der Waals surface area contributed by atoms with Crippen LogP contribution in [-0.4, -0.2) is 43.5 Å². The average Bonchev–Trinajstić information content (AvgIpc) is 3.22. The summed E-state index contributed by atoms with van der Waals surface area (Å²) >= 11 is 0. The number of carbonyl (C=O) groups excluding carboxylic acids is 1. The average molecular weight is 311 g/mol. The molecule has 4 rings (SSSR count). The van der Waals surface area contributed by atoms with E-state index in [0.717, 1.165) is 24.2 Å². The third-order valence-electron chi connectivity index (χ3n) is 4.43. The predicted octanol–water partition coefficient (Wildman–Crippen LogP) is 2.05. The van der Waals surface area contributed by atoms with Gasteiger partial charge in [0.25, 0.3) is 5.91 Å². The SMILES string of the molecule is Cc1ocnc1C(=O)N1CCC(c2ccn3nccc3n2)CC1. The van der Waals surface area contributed by atoms with Crippen molar-refractivity contribution in [2.75, 3.05) is 13.1 Å². The second-order valence-electron chi connectivity index (χ2n) is 5.81. The van der Waals surface area contributed by atoms with Crippen LogP contribution in [0.4, 0.5) is 0 Å². The Morgan fingerprint density at radius 2 is 2.13 bits per heavy atom. The van der Waals surface area contributed by atoms with E-state index < -0.39 is 0 Å². The lowest BCUT2D eigenvalue weighted by Gasteiger charge is -2.31. The zero-order valence-corrected chi connectivity index (χ0v) is 12.8. The third kappa shape index (κ3) is 2.48. The largest absolute Gasteiger partial charge is 0.448 e. The van der Waals surface area contributed by atoms with Crippen LogP contribution < -0.4 is 0 Å². The molecule has 118 valence electrons. The number of rotatable bonds is 2. The van der Waals surface area contributed by atoms with Gasteiger partial charge in [-0.25, -0.2) is 14.5 Å². The van der Waals surface area contributed by atoms with Crippen molar-refractivity contribution in [3.63, 3.8) is 0 Å². The van der Waals surface area contributed by atoms with E-state index in [1.54, 1.807) is 17.6 Å². The van der Waals surface area contributed by atoms with Crippen LogP contribution in [0.25, 0.3) is 5.65 Å². The number of aryl methyl sites for hydroxylation is 1. The van der Waals surface area contributed by atoms with Crippen molar-refractivity contribution >= 4 is 11.6 Å². The third-order valence-corrected chi connectivity index (χ3v) is 4.43. The van der Waals surface area contributed by atoms with Crippen molar-refractivity contribution in [3.8, 4) is 0 Å². The van der Waals surface area contributed by atoms with Gasteiger partial charge in [0.15, 0.2) is 17.7 Å². The van der Waals surface area contributed by atoms with Crippen molar-refractivity contribution in [2.45, 2.75) is 25.7 Å². The quantitative estimate of drug-likeness (QED) is 0.724. The Bertz CT molecular complexity index is 845. The summed E-state index contributed by atoms with van der Waals surface area (Å²) in [7, 11) is 0. The molecule has 23 heavy (non-hydrogen) atoms. The van der Waals surface area contributed by atoms with Gasteiger partial charge in [0.05, 0.1) is 6.20 Å². The van der Waals surface area contributed by atoms with Crippen LogP contribution in [0, 0.1) is 6.92 Å². The summed E-state index contributed by atoms with van der Waals surface area (Å²) in [5.74, 6) is 0.899. The van der Waals surface area contributed by atoms with Crippen LogP contribution in [0.1, 0.15) is 40.7 Å². The Morgan fingerprint density at radius 3 is 2.87 bits per heavy atom. The Balaban J connectivity index is 1.46. The van der Waals surface area contributed by atoms with Gasteiger partial charge in [0, 0.05) is 37.0 Å². The molecule has 1 aliphatic heterocycles. The van der Waals surface area contributed by atoms with Crippen molar-refractivity contribution < 1.29 is 9.21 Å². The normalized spacial score (nSPS) is 16.1. The summed E-state index contributed by atoms with van der Waals surface area (Å²) < 4.78 is 6.88. The molecule has 0 aromatic carbocycles. The first kappa shape index (κ1) is 13.9. The van der Waals surface area contributed by atoms with Crippen LogP contribution in [0.15, 0.2) is 35.3 Å². The molecule has 0 radical (unpaired) electrons. The van der Waals surface area contributed by atoms with E-state index in [2.05, 4.69) is 15.1 Å². The van der Waals surface area contributed by atoms with E-state index >= 15 is 0 Å². The minimum Gasteiger partial charge on any atom is -0.448 e. The fourth-order valence-electron chi connectivity index (χ4n) is 3.09. The first-order valence-corrected chi connectivity index (χ1v) is 7.72. The summed E-state index contributed by atoms with van der Waals surface area (Å²) in [5.41, 5.74) is 2.35. The van der Waals surface area contributed by atoms with Crippen LogP contribution in [-0.2, 0) is 0 Å². The topological polar surface area (TPSA) is 76.5 Å². The van der Waals surface area contributed by atoms with E-state index in [0.29, 0.717) is 30.5 Å². The van der Waals surface area contributed by atoms with Crippen LogP contribution >= 0.6 is 0 Å². The zero-order valence-electron chi connectivity index (χ0n) is 12.8. The predicted molar refractivity (Wildman–Crippen MR) is 82.1 cm³/mol. The standard InChI is InChI=1S/C16H17N5O2/c1-11-15(17-10-23-11)16(22)20-7-3-12(4-8-20)13-5-9-21-14(19-13)2-6-18-21/h2,5-6,9-10,12H,3-4,7-8H2,1H3. The Kier molecular flexibility index (Phi) is 3.33. The maximum atomic E-state index is 12.4. The van der Waals surface area contributed by atoms with E-state index in [1.165, 1.54) is 6.39 Å². The number of piperidine rings is 1. The van der Waals surface area contributed by atoms with Gasteiger partial charge in [-0.05, 0) is 25.8 Å². The highest BCUT2D eigenvalue weighted by atomic mass is 16.3. The van der Waals surface area contributed by atoms with Gasteiger partial charge < -0.3 is 9.32 Å². The molecule has 7 nitrogen and oxygen atoms in total. The Morgan fingerprint density at radius 1 is 1.30 bits per heavy atom. The highest BCUT2D eigenvalue weighted by Gasteiger charge is 2.27. The molecule has 7 heteroatoms. The van der Waals surface area contributed by atoms with Crippen LogP contribution in [0.2, 0.25) is 0 Å². The minimum atomic E-state index is -0.0473. The van der Waals surface area contributed by atoms with Crippen molar-refractivity contribution in [2.24, 2.45) is 0 Å². The minimum absolute atomic E-state index is 0.0473. The van der Waals surface area contributed by atoms with E-state index in [4.69, 9.17) is 4.42 Å². The lowest BCUT2D eigenvalue weighted by molar-refractivity contribution is 0.0705. The van der Waals surface area contributed by atoms with Gasteiger partial charge in [0.2, 0.25) is 0 Å². The number of hydrogen-bond acceptors (Lipinski definition) is 5. The molecule has 0 atom stereocenters. The molecular weight excluding hydrogens is 294 g/mol. The van der Waals surface area contributed by atoms with E-state index in [-0.39, 0.29) is 5.91 Å². The molecule has 0 aliphatic carbocycles. The van der Waals surface area contributed by atoms with Crippen molar-refractivity contribution in [3.05, 3.63) is 48.1 Å². The molecule has 1 aliphatic rings. The van der Waals surface area contributed by atoms with Crippen molar-refractivity contribution in [1.29, 1.82) is 0 Å². The number of amides is 1. The number of likely N-dealkylation sites (tertiary alicyclic amines) is 1. The fraction of sp³-hybridized carbons (Fsp3) is 0.375. The van der Waals surface area contributed by atoms with E-state index in [9.17, 15) is 4.79 Å². The lowest BCUT2D eigenvalue weighted by Crippen LogP contribution is -2.38. The number of hydrogen-bond donors (Lipinski definition) is 0. The molecule has 1 saturated heterocycles. The van der Waals surface area contributed by atoms with Gasteiger partial charge in [-0.2, -0.15) is 5.10 Å². The Labute approximate surface area is 132 Å². The lowest BCUT2D eigenvalue weighted by atomic mass is 9.93. The van der Waals surface area contributed by atoms with Crippen LogP contribution in [0.3, 0.4) is 0 Å². The highest BCUT2D eigenvalue weighted by Crippen LogP contribution is 2.27. The molecule has 1 fully saturated rings. The Hall–Kier alpha value is -2.70. The molecule has 0 N–H and O–H groups in total. The molecule has 3 aromatic heterocycles. The number of oxazole rings is 1. The van der Waals surface area contributed by atoms with Gasteiger partial charge in [-0.15, -0.1) is 0 Å². The first-order chi connectivity index (χ1) is 11.2.